The molecule has 0 spiro atoms. The van der Waals surface area contributed by atoms with Gasteiger partial charge in [0.2, 0.25) is 5.91 Å². The first-order chi connectivity index (χ1) is 10.9. The van der Waals surface area contributed by atoms with Crippen LogP contribution < -0.4 is 10.1 Å². The Kier molecular flexibility index (Phi) is 8.11. The maximum atomic E-state index is 11.9. The molecule has 0 bridgehead atoms. The molecule has 0 radical (unpaired) electrons. The number of carbonyl (C=O) groups excluding carboxylic acids is 1. The lowest BCUT2D eigenvalue weighted by molar-refractivity contribution is -0.138. The Bertz CT molecular complexity index is 511. The first-order valence-electron chi connectivity index (χ1n) is 7.84. The number of carboxylic acid groups (broad SMARTS) is 1. The van der Waals surface area contributed by atoms with Gasteiger partial charge < -0.3 is 15.2 Å². The van der Waals surface area contributed by atoms with Gasteiger partial charge in [-0.15, -0.1) is 0 Å². The summed E-state index contributed by atoms with van der Waals surface area (Å²) in [5.41, 5.74) is 2.12. The second-order valence-corrected chi connectivity index (χ2v) is 5.52. The number of aryl methyl sites for hydroxylation is 2. The molecule has 0 atom stereocenters. The Morgan fingerprint density at radius 1 is 1.22 bits per heavy atom. The van der Waals surface area contributed by atoms with Crippen molar-refractivity contribution in [1.82, 2.24) is 10.2 Å². The van der Waals surface area contributed by atoms with Crippen molar-refractivity contribution in [1.29, 1.82) is 0 Å². The first kappa shape index (κ1) is 19.0. The van der Waals surface area contributed by atoms with Gasteiger partial charge in [0.05, 0.1) is 19.6 Å². The number of hydrogen-bond donors (Lipinski definition) is 2. The van der Waals surface area contributed by atoms with E-state index in [0.29, 0.717) is 19.7 Å². The third kappa shape index (κ3) is 7.15. The summed E-state index contributed by atoms with van der Waals surface area (Å²) in [4.78, 5) is 24.2. The van der Waals surface area contributed by atoms with Gasteiger partial charge in [0.1, 0.15) is 12.4 Å². The fourth-order valence-electron chi connectivity index (χ4n) is 2.35. The van der Waals surface area contributed by atoms with Gasteiger partial charge in [-0.2, -0.15) is 0 Å². The molecule has 0 aliphatic heterocycles. The van der Waals surface area contributed by atoms with Gasteiger partial charge in [-0.3, -0.25) is 14.5 Å². The molecule has 6 nitrogen and oxygen atoms in total. The van der Waals surface area contributed by atoms with Gasteiger partial charge in [0.25, 0.3) is 0 Å². The Hall–Kier alpha value is -2.08. The third-order valence-corrected chi connectivity index (χ3v) is 3.35. The van der Waals surface area contributed by atoms with E-state index >= 15 is 0 Å². The van der Waals surface area contributed by atoms with Crippen molar-refractivity contribution in [2.24, 2.45) is 0 Å². The van der Waals surface area contributed by atoms with E-state index in [1.165, 1.54) is 0 Å². The third-order valence-electron chi connectivity index (χ3n) is 3.35. The molecule has 1 aromatic carbocycles. The smallest absolute Gasteiger partial charge is 0.317 e. The van der Waals surface area contributed by atoms with Gasteiger partial charge in [0, 0.05) is 0 Å². The number of ether oxygens (including phenoxy) is 1. The molecule has 23 heavy (non-hydrogen) atoms. The summed E-state index contributed by atoms with van der Waals surface area (Å²) in [6.45, 7) is 7.22. The largest absolute Gasteiger partial charge is 0.491 e. The van der Waals surface area contributed by atoms with Crippen molar-refractivity contribution >= 4 is 11.9 Å². The lowest BCUT2D eigenvalue weighted by atomic mass is 10.1. The minimum absolute atomic E-state index is 0.0868. The topological polar surface area (TPSA) is 78.9 Å². The van der Waals surface area contributed by atoms with Crippen LogP contribution in [0.25, 0.3) is 0 Å². The maximum absolute atomic E-state index is 11.9. The molecule has 2 N–H and O–H groups in total. The van der Waals surface area contributed by atoms with Gasteiger partial charge >= 0.3 is 5.97 Å². The summed E-state index contributed by atoms with van der Waals surface area (Å²) >= 11 is 0. The summed E-state index contributed by atoms with van der Waals surface area (Å²) in [5, 5.41) is 11.6. The lowest BCUT2D eigenvalue weighted by Crippen LogP contribution is -2.41. The molecule has 0 aliphatic rings. The summed E-state index contributed by atoms with van der Waals surface area (Å²) in [5.74, 6) is -0.269. The zero-order valence-corrected chi connectivity index (χ0v) is 14.1. The molecular formula is C17H26N2O4. The minimum Gasteiger partial charge on any atom is -0.491 e. The standard InChI is InChI=1S/C17H26N2O4/c1-4-9-19(12-16(21)22)11-15(20)18-8-10-23-17-13(2)6-5-7-14(17)3/h5-7H,4,8-12H2,1-3H3,(H,18,20)(H,21,22). The Balaban J connectivity index is 2.34. The monoisotopic (exact) mass is 322 g/mol. The predicted molar refractivity (Wildman–Crippen MR) is 88.8 cm³/mol. The van der Waals surface area contributed by atoms with Gasteiger partial charge in [0.15, 0.2) is 0 Å². The van der Waals surface area contributed by atoms with Crippen molar-refractivity contribution in [3.05, 3.63) is 29.3 Å². The fraction of sp³-hybridized carbons (Fsp3) is 0.529. The van der Waals surface area contributed by atoms with E-state index in [4.69, 9.17) is 9.84 Å². The number of nitrogens with one attached hydrogen (secondary N) is 1. The number of aliphatic carboxylic acids is 1. The van der Waals surface area contributed by atoms with Crippen LogP contribution in [0, 0.1) is 13.8 Å². The molecule has 6 heteroatoms. The van der Waals surface area contributed by atoms with E-state index < -0.39 is 5.97 Å². The van der Waals surface area contributed by atoms with Crippen LogP contribution >= 0.6 is 0 Å². The average molecular weight is 322 g/mol. The minimum atomic E-state index is -0.926. The quantitative estimate of drug-likeness (QED) is 0.640. The van der Waals surface area contributed by atoms with E-state index in [1.54, 1.807) is 4.90 Å². The van der Waals surface area contributed by atoms with Gasteiger partial charge in [-0.1, -0.05) is 25.1 Å². The second kappa shape index (κ2) is 9.84. The van der Waals surface area contributed by atoms with Crippen molar-refractivity contribution in [2.75, 3.05) is 32.8 Å². The van der Waals surface area contributed by atoms with Crippen molar-refractivity contribution in [3.63, 3.8) is 0 Å². The highest BCUT2D eigenvalue weighted by atomic mass is 16.5. The SMILES string of the molecule is CCCN(CC(=O)O)CC(=O)NCCOc1c(C)cccc1C. The molecule has 1 rings (SSSR count). The summed E-state index contributed by atoms with van der Waals surface area (Å²) in [6, 6.07) is 5.94. The van der Waals surface area contributed by atoms with Crippen LogP contribution in [0.4, 0.5) is 0 Å². The molecule has 0 aliphatic carbocycles. The Morgan fingerprint density at radius 2 is 1.87 bits per heavy atom. The Morgan fingerprint density at radius 3 is 2.43 bits per heavy atom. The summed E-state index contributed by atoms with van der Waals surface area (Å²) in [6.07, 6.45) is 0.802. The van der Waals surface area contributed by atoms with E-state index in [2.05, 4.69) is 5.32 Å². The zero-order chi connectivity index (χ0) is 17.2. The molecule has 1 amide bonds. The number of rotatable bonds is 10. The van der Waals surface area contributed by atoms with E-state index in [0.717, 1.165) is 23.3 Å². The first-order valence-corrected chi connectivity index (χ1v) is 7.84. The number of nitrogens with zero attached hydrogens (tertiary/aromatic N) is 1. The van der Waals surface area contributed by atoms with E-state index in [1.807, 2.05) is 39.0 Å². The summed E-state index contributed by atoms with van der Waals surface area (Å²) < 4.78 is 5.71. The molecule has 0 unspecified atom stereocenters. The highest BCUT2D eigenvalue weighted by molar-refractivity contribution is 5.79. The average Bonchev–Trinajstić information content (AvgIpc) is 2.45. The number of hydrogen-bond acceptors (Lipinski definition) is 4. The Labute approximate surface area is 137 Å². The molecule has 1 aromatic rings. The number of para-hydroxylation sites is 1. The molecule has 0 saturated heterocycles. The molecule has 0 fully saturated rings. The van der Waals surface area contributed by atoms with Crippen molar-refractivity contribution in [2.45, 2.75) is 27.2 Å². The number of carbonyl (C=O) groups is 2. The van der Waals surface area contributed by atoms with Gasteiger partial charge in [-0.25, -0.2) is 0 Å². The number of amides is 1. The second-order valence-electron chi connectivity index (χ2n) is 5.52. The van der Waals surface area contributed by atoms with Crippen LogP contribution in [0.2, 0.25) is 0 Å². The zero-order valence-electron chi connectivity index (χ0n) is 14.1. The van der Waals surface area contributed by atoms with Crippen molar-refractivity contribution in [3.8, 4) is 5.75 Å². The van der Waals surface area contributed by atoms with Crippen molar-refractivity contribution < 1.29 is 19.4 Å². The fourth-order valence-corrected chi connectivity index (χ4v) is 2.35. The van der Waals surface area contributed by atoms with Crippen LogP contribution in [-0.4, -0.2) is 54.7 Å². The summed E-state index contributed by atoms with van der Waals surface area (Å²) in [7, 11) is 0. The molecule has 0 heterocycles. The van der Waals surface area contributed by atoms with Crippen LogP contribution in [0.5, 0.6) is 5.75 Å². The molecule has 0 aromatic heterocycles. The van der Waals surface area contributed by atoms with Crippen LogP contribution in [0.3, 0.4) is 0 Å². The normalized spacial score (nSPS) is 10.6. The molecule has 0 saturated carbocycles. The number of carboxylic acids is 1. The van der Waals surface area contributed by atoms with Crippen LogP contribution in [-0.2, 0) is 9.59 Å². The molecule has 128 valence electrons. The van der Waals surface area contributed by atoms with E-state index in [9.17, 15) is 9.59 Å². The van der Waals surface area contributed by atoms with E-state index in [-0.39, 0.29) is 19.0 Å². The maximum Gasteiger partial charge on any atom is 0.317 e. The predicted octanol–water partition coefficient (Wildman–Crippen LogP) is 1.60. The lowest BCUT2D eigenvalue weighted by Gasteiger charge is -2.19. The highest BCUT2D eigenvalue weighted by Crippen LogP contribution is 2.21. The number of benzene rings is 1. The highest BCUT2D eigenvalue weighted by Gasteiger charge is 2.13. The van der Waals surface area contributed by atoms with Crippen LogP contribution in [0.15, 0.2) is 18.2 Å². The van der Waals surface area contributed by atoms with Gasteiger partial charge in [-0.05, 0) is 37.9 Å². The molecular weight excluding hydrogens is 296 g/mol. The van der Waals surface area contributed by atoms with Crippen LogP contribution in [0.1, 0.15) is 24.5 Å².